The van der Waals surface area contributed by atoms with Crippen LogP contribution in [-0.2, 0) is 17.8 Å². The fourth-order valence-electron chi connectivity index (χ4n) is 1.92. The van der Waals surface area contributed by atoms with Crippen LogP contribution in [0.5, 0.6) is 0 Å². The Morgan fingerprint density at radius 1 is 1.25 bits per heavy atom. The van der Waals surface area contributed by atoms with Gasteiger partial charge in [0.25, 0.3) is 0 Å². The topological polar surface area (TPSA) is 44.1 Å². The number of carbonyl (C=O) groups is 1. The van der Waals surface area contributed by atoms with Crippen LogP contribution in [-0.4, -0.2) is 17.9 Å². The Morgan fingerprint density at radius 2 is 2.00 bits per heavy atom. The van der Waals surface area contributed by atoms with Gasteiger partial charge in [-0.2, -0.15) is 16.6 Å². The third-order valence-corrected chi connectivity index (χ3v) is 3.87. The summed E-state index contributed by atoms with van der Waals surface area (Å²) < 4.78 is 0. The molecule has 0 aliphatic carbocycles. The summed E-state index contributed by atoms with van der Waals surface area (Å²) in [6.45, 7) is 0.578. The van der Waals surface area contributed by atoms with Gasteiger partial charge in [-0.25, -0.2) is 0 Å². The first-order valence-corrected chi connectivity index (χ1v) is 7.37. The molecule has 0 unspecified atom stereocenters. The Hall–Kier alpha value is -2.12. The van der Waals surface area contributed by atoms with E-state index in [4.69, 9.17) is 5.26 Å². The van der Waals surface area contributed by atoms with Crippen LogP contribution in [0.1, 0.15) is 23.1 Å². The molecule has 0 aliphatic heterocycles. The number of benzene rings is 1. The summed E-state index contributed by atoms with van der Waals surface area (Å²) >= 11 is 1.65. The molecule has 0 spiro atoms. The molecular formula is C16H16N2OS. The van der Waals surface area contributed by atoms with Gasteiger partial charge in [0, 0.05) is 20.0 Å². The number of amides is 1. The number of thiophene rings is 1. The molecule has 0 bridgehead atoms. The molecule has 0 fully saturated rings. The van der Waals surface area contributed by atoms with Gasteiger partial charge in [0.05, 0.1) is 11.6 Å². The smallest absolute Gasteiger partial charge is 0.222 e. The van der Waals surface area contributed by atoms with E-state index in [9.17, 15) is 4.79 Å². The van der Waals surface area contributed by atoms with Gasteiger partial charge < -0.3 is 4.90 Å². The highest BCUT2D eigenvalue weighted by atomic mass is 32.1. The Labute approximate surface area is 123 Å². The van der Waals surface area contributed by atoms with E-state index in [1.165, 1.54) is 5.56 Å². The zero-order valence-electron chi connectivity index (χ0n) is 11.4. The average Bonchev–Trinajstić information content (AvgIpc) is 2.98. The Morgan fingerprint density at radius 3 is 2.60 bits per heavy atom. The van der Waals surface area contributed by atoms with Crippen LogP contribution in [0.25, 0.3) is 0 Å². The van der Waals surface area contributed by atoms with Crippen molar-refractivity contribution in [3.05, 3.63) is 57.8 Å². The molecule has 1 heterocycles. The van der Waals surface area contributed by atoms with E-state index < -0.39 is 0 Å². The minimum atomic E-state index is 0.139. The maximum atomic E-state index is 12.0. The Balaban J connectivity index is 1.85. The molecule has 3 nitrogen and oxygen atoms in total. The SMILES string of the molecule is CN(Cc1ccc(C#N)cc1)C(=O)CCc1ccsc1. The lowest BCUT2D eigenvalue weighted by Crippen LogP contribution is -2.26. The average molecular weight is 284 g/mol. The molecule has 0 N–H and O–H groups in total. The first-order chi connectivity index (χ1) is 9.69. The van der Waals surface area contributed by atoms with Crippen molar-refractivity contribution in [3.8, 4) is 6.07 Å². The van der Waals surface area contributed by atoms with E-state index >= 15 is 0 Å². The molecule has 1 aromatic carbocycles. The standard InChI is InChI=1S/C16H16N2OS/c1-18(11-14-4-2-13(10-17)3-5-14)16(19)7-6-15-8-9-20-12-15/h2-5,8-9,12H,6-7,11H2,1H3. The van der Waals surface area contributed by atoms with Crippen LogP contribution in [0.4, 0.5) is 0 Å². The molecule has 0 saturated carbocycles. The second kappa shape index (κ2) is 6.88. The van der Waals surface area contributed by atoms with Crippen molar-refractivity contribution in [2.45, 2.75) is 19.4 Å². The van der Waals surface area contributed by atoms with E-state index in [1.54, 1.807) is 28.4 Å². The molecule has 0 atom stereocenters. The number of hydrogen-bond donors (Lipinski definition) is 0. The lowest BCUT2D eigenvalue weighted by molar-refractivity contribution is -0.130. The molecule has 0 radical (unpaired) electrons. The van der Waals surface area contributed by atoms with Crippen LogP contribution < -0.4 is 0 Å². The van der Waals surface area contributed by atoms with Gasteiger partial charge in [-0.3, -0.25) is 4.79 Å². The molecule has 0 saturated heterocycles. The summed E-state index contributed by atoms with van der Waals surface area (Å²) in [6, 6.07) is 11.5. The number of nitriles is 1. The first kappa shape index (κ1) is 14.3. The van der Waals surface area contributed by atoms with Crippen molar-refractivity contribution in [1.82, 2.24) is 4.90 Å². The van der Waals surface area contributed by atoms with Crippen LogP contribution in [0.15, 0.2) is 41.1 Å². The largest absolute Gasteiger partial charge is 0.341 e. The monoisotopic (exact) mass is 284 g/mol. The summed E-state index contributed by atoms with van der Waals surface area (Å²) in [6.07, 6.45) is 1.32. The molecule has 1 aromatic heterocycles. The normalized spacial score (nSPS) is 10.0. The highest BCUT2D eigenvalue weighted by molar-refractivity contribution is 7.07. The predicted octanol–water partition coefficient (Wildman–Crippen LogP) is 3.21. The van der Waals surface area contributed by atoms with Gasteiger partial charge in [0.2, 0.25) is 5.91 Å². The predicted molar refractivity (Wildman–Crippen MR) is 80.3 cm³/mol. The van der Waals surface area contributed by atoms with E-state index in [2.05, 4.69) is 17.5 Å². The first-order valence-electron chi connectivity index (χ1n) is 6.43. The summed E-state index contributed by atoms with van der Waals surface area (Å²) in [7, 11) is 1.81. The van der Waals surface area contributed by atoms with Crippen molar-refractivity contribution in [2.24, 2.45) is 0 Å². The summed E-state index contributed by atoms with van der Waals surface area (Å²) in [5.74, 6) is 0.139. The molecule has 4 heteroatoms. The summed E-state index contributed by atoms with van der Waals surface area (Å²) in [4.78, 5) is 13.8. The van der Waals surface area contributed by atoms with E-state index in [1.807, 2.05) is 24.6 Å². The highest BCUT2D eigenvalue weighted by Crippen LogP contribution is 2.11. The molecule has 20 heavy (non-hydrogen) atoms. The zero-order chi connectivity index (χ0) is 14.4. The Bertz CT molecular complexity index is 596. The van der Waals surface area contributed by atoms with E-state index in [0.717, 1.165) is 12.0 Å². The molecule has 2 aromatic rings. The minimum absolute atomic E-state index is 0.139. The minimum Gasteiger partial charge on any atom is -0.341 e. The van der Waals surface area contributed by atoms with Crippen molar-refractivity contribution in [3.63, 3.8) is 0 Å². The lowest BCUT2D eigenvalue weighted by Gasteiger charge is -2.17. The van der Waals surface area contributed by atoms with Crippen molar-refractivity contribution in [2.75, 3.05) is 7.05 Å². The second-order valence-corrected chi connectivity index (χ2v) is 5.47. The quantitative estimate of drug-likeness (QED) is 0.846. The maximum absolute atomic E-state index is 12.0. The fourth-order valence-corrected chi connectivity index (χ4v) is 2.63. The van der Waals surface area contributed by atoms with Crippen molar-refractivity contribution in [1.29, 1.82) is 5.26 Å². The van der Waals surface area contributed by atoms with E-state index in [0.29, 0.717) is 18.5 Å². The third-order valence-electron chi connectivity index (χ3n) is 3.14. The second-order valence-electron chi connectivity index (χ2n) is 4.69. The van der Waals surface area contributed by atoms with Gasteiger partial charge in [0.1, 0.15) is 0 Å². The van der Waals surface area contributed by atoms with E-state index in [-0.39, 0.29) is 5.91 Å². The van der Waals surface area contributed by atoms with Gasteiger partial charge in [-0.1, -0.05) is 12.1 Å². The van der Waals surface area contributed by atoms with Crippen LogP contribution >= 0.6 is 11.3 Å². The molecule has 2 rings (SSSR count). The van der Waals surface area contributed by atoms with Gasteiger partial charge in [-0.05, 0) is 46.5 Å². The van der Waals surface area contributed by atoms with Gasteiger partial charge in [-0.15, -0.1) is 0 Å². The third kappa shape index (κ3) is 3.94. The van der Waals surface area contributed by atoms with Gasteiger partial charge in [0.15, 0.2) is 0 Å². The number of aryl methyl sites for hydroxylation is 1. The molecule has 0 aliphatic rings. The molecule has 102 valence electrons. The molecule has 1 amide bonds. The molecular weight excluding hydrogens is 268 g/mol. The highest BCUT2D eigenvalue weighted by Gasteiger charge is 2.09. The van der Waals surface area contributed by atoms with Crippen molar-refractivity contribution < 1.29 is 4.79 Å². The summed E-state index contributed by atoms with van der Waals surface area (Å²) in [5.41, 5.74) is 2.89. The maximum Gasteiger partial charge on any atom is 0.222 e. The number of nitrogens with zero attached hydrogens (tertiary/aromatic N) is 2. The lowest BCUT2D eigenvalue weighted by atomic mass is 10.1. The van der Waals surface area contributed by atoms with Crippen LogP contribution in [0.2, 0.25) is 0 Å². The summed E-state index contributed by atoms with van der Waals surface area (Å²) in [5, 5.41) is 12.9. The number of hydrogen-bond acceptors (Lipinski definition) is 3. The van der Waals surface area contributed by atoms with Crippen molar-refractivity contribution >= 4 is 17.2 Å². The number of carbonyl (C=O) groups excluding carboxylic acids is 1. The van der Waals surface area contributed by atoms with Crippen LogP contribution in [0.3, 0.4) is 0 Å². The zero-order valence-corrected chi connectivity index (χ0v) is 12.2. The number of rotatable bonds is 5. The Kier molecular flexibility index (Phi) is 4.91. The fraction of sp³-hybridized carbons (Fsp3) is 0.250. The van der Waals surface area contributed by atoms with Crippen LogP contribution in [0, 0.1) is 11.3 Å². The van der Waals surface area contributed by atoms with Gasteiger partial charge >= 0.3 is 0 Å².